The zero-order valence-electron chi connectivity index (χ0n) is 79.4. The number of nitrogens with one attached hydrogen (secondary N) is 5. The summed E-state index contributed by atoms with van der Waals surface area (Å²) in [6.45, 7) is 28.4. The standard InChI is InChI=1S/C52H68N10O9.C47H60N10O7/c1-34-27-36(29-38-32-62(57-43(34)38)33-69-46(65)50(2,3)4)30-41(55-47(66)60-21-14-52(15-22-60)40-9-8-16-54-44(40)56-48(67)70-52)42(63)31-37(28-35-12-19-61(20-13-35)49(68)71-51(5,6)7)45(64)59-25-23-58(24-26-59)39-10-17-53-18-11-39;1-31-24-33(26-35-29-57(53-40(31)35)30-63-43(60)46(2,3)4)27-38(51-44(61)56-18-11-47(12-19-56)37-6-5-13-50-41(37)52-45(62)64-47)39(58)28-34(25-32-7-14-48-15-8-32)42(59)55-22-20-54(21-23-55)36-9-16-49-17-10-36/h8-11,16-18,27,29,32,35,37,41H,12-15,19-26,28,30-31,33H2,1-7H3,(H,55,66)(H,54,56,67);5-6,9-10,13,16-17,24,26,29,32,34,38,48H,7-8,11-12,14-15,18-23,25,27-28,30H2,1-4H3,(H,51,61)(H,50,52,62)/t37-,41-;34-,38-/m11/s1. The van der Waals surface area contributed by atoms with E-state index in [0.717, 1.165) is 87.0 Å². The van der Waals surface area contributed by atoms with E-state index in [2.05, 4.69) is 66.5 Å². The number of fused-ring (bicyclic) bond motifs is 6. The van der Waals surface area contributed by atoms with E-state index in [9.17, 15) is 47.9 Å². The number of ketones is 2. The summed E-state index contributed by atoms with van der Waals surface area (Å²) in [5.41, 5.74) is 4.48. The van der Waals surface area contributed by atoms with Crippen molar-refractivity contribution in [2.45, 2.75) is 208 Å². The minimum atomic E-state index is -1.02. The number of hydrogen-bond acceptors (Lipinski definition) is 25. The van der Waals surface area contributed by atoms with Gasteiger partial charge in [0.05, 0.1) is 33.9 Å². The van der Waals surface area contributed by atoms with E-state index in [0.29, 0.717) is 140 Å². The maximum absolute atomic E-state index is 15.1. The molecule has 8 aromatic rings. The van der Waals surface area contributed by atoms with Gasteiger partial charge in [-0.1, -0.05) is 12.1 Å². The van der Waals surface area contributed by atoms with Crippen LogP contribution in [0.25, 0.3) is 21.8 Å². The molecule has 16 rings (SSSR count). The summed E-state index contributed by atoms with van der Waals surface area (Å²) in [4.78, 5) is 182. The van der Waals surface area contributed by atoms with Gasteiger partial charge < -0.3 is 73.9 Å². The van der Waals surface area contributed by atoms with E-state index >= 15 is 4.79 Å². The molecule has 720 valence electrons. The number of likely N-dealkylation sites (tertiary alicyclic amines) is 3. The fourth-order valence-electron chi connectivity index (χ4n) is 19.6. The largest absolute Gasteiger partial charge is 0.444 e. The number of aromatic nitrogens is 8. The summed E-state index contributed by atoms with van der Waals surface area (Å²) in [5, 5.41) is 25.9. The average Bonchev–Trinajstić information content (AvgIpc) is 1.68. The van der Waals surface area contributed by atoms with Crippen molar-refractivity contribution in [3.05, 3.63) is 156 Å². The van der Waals surface area contributed by atoms with Gasteiger partial charge in [0.15, 0.2) is 25.0 Å². The van der Waals surface area contributed by atoms with Crippen LogP contribution < -0.4 is 36.4 Å². The highest BCUT2D eigenvalue weighted by Gasteiger charge is 2.49. The molecule has 6 saturated heterocycles. The van der Waals surface area contributed by atoms with Crippen molar-refractivity contribution in [2.75, 3.05) is 125 Å². The van der Waals surface area contributed by atoms with E-state index < -0.39 is 75.8 Å². The SMILES string of the molecule is Cc1cc(C[C@@H](NC(=O)N2CCC3(CC2)OC(=O)Nc2ncccc23)C(=O)C[C@@H](CC2CCN(C(=O)OC(C)(C)C)CC2)C(=O)N2CCN(c3ccncc3)CC2)cc2cn(COC(=O)C(C)(C)C)nc12.Cc1cc(C[C@@H](NC(=O)N2CCC3(CC2)OC(=O)Nc2ncccc23)C(=O)C[C@@H](CC2CCNCC2)C(=O)N2CCN(c3ccncc3)CC2)cc2cn(COC(=O)C(C)(C)C)nc12. The molecule has 2 spiro atoms. The maximum Gasteiger partial charge on any atom is 0.413 e. The van der Waals surface area contributed by atoms with Crippen molar-refractivity contribution in [2.24, 2.45) is 34.5 Å². The first-order valence-electron chi connectivity index (χ1n) is 47.4. The Morgan fingerprint density at radius 3 is 1.26 bits per heavy atom. The molecular weight excluding hydrogens is 1730 g/mol. The number of anilines is 4. The zero-order chi connectivity index (χ0) is 95.7. The third-order valence-electron chi connectivity index (χ3n) is 27.1. The number of amides is 9. The van der Waals surface area contributed by atoms with Crippen LogP contribution >= 0.6 is 0 Å². The Morgan fingerprint density at radius 2 is 0.874 bits per heavy atom. The van der Waals surface area contributed by atoms with E-state index in [1.807, 2.05) is 111 Å². The van der Waals surface area contributed by atoms with Crippen LogP contribution in [0.5, 0.6) is 0 Å². The van der Waals surface area contributed by atoms with Gasteiger partial charge in [0.1, 0.15) is 28.4 Å². The Balaban J connectivity index is 0.000000207. The number of aryl methyl sites for hydroxylation is 2. The Hall–Kier alpha value is -12.9. The van der Waals surface area contributed by atoms with Gasteiger partial charge in [-0.2, -0.15) is 10.2 Å². The number of rotatable bonds is 24. The first-order valence-corrected chi connectivity index (χ1v) is 47.4. The van der Waals surface area contributed by atoms with E-state index in [4.69, 9.17) is 23.7 Å². The lowest BCUT2D eigenvalue weighted by Gasteiger charge is -2.43. The second kappa shape index (κ2) is 41.5. The van der Waals surface area contributed by atoms with Crippen LogP contribution in [0.2, 0.25) is 0 Å². The molecule has 4 atom stereocenters. The Labute approximate surface area is 786 Å². The second-order valence-electron chi connectivity index (χ2n) is 40.2. The van der Waals surface area contributed by atoms with Gasteiger partial charge in [-0.05, 0) is 235 Å². The molecule has 6 aromatic heterocycles. The minimum Gasteiger partial charge on any atom is -0.444 e. The van der Waals surface area contributed by atoms with E-state index in [1.165, 1.54) is 0 Å². The van der Waals surface area contributed by atoms with Crippen LogP contribution in [-0.2, 0) is 90.0 Å². The molecule has 0 aliphatic carbocycles. The lowest BCUT2D eigenvalue weighted by atomic mass is 9.82. The second-order valence-corrected chi connectivity index (χ2v) is 40.2. The summed E-state index contributed by atoms with van der Waals surface area (Å²) in [6, 6.07) is 20.2. The number of benzene rings is 2. The molecule has 8 aliphatic heterocycles. The van der Waals surface area contributed by atoms with E-state index in [-0.39, 0.29) is 113 Å². The van der Waals surface area contributed by atoms with E-state index in [1.54, 1.807) is 121 Å². The highest BCUT2D eigenvalue weighted by atomic mass is 16.6. The third-order valence-corrected chi connectivity index (χ3v) is 27.1. The first-order chi connectivity index (χ1) is 64.5. The van der Waals surface area contributed by atoms with Crippen LogP contribution in [0.3, 0.4) is 0 Å². The molecule has 135 heavy (non-hydrogen) atoms. The topological polar surface area (TPSA) is 404 Å². The molecule has 8 aliphatic rings. The van der Waals surface area contributed by atoms with Crippen LogP contribution in [0.4, 0.5) is 47.0 Å². The molecular formula is C99H128N20O16. The summed E-state index contributed by atoms with van der Waals surface area (Å²) in [5.74, 6) is -1.27. The predicted molar refractivity (Wildman–Crippen MR) is 503 cm³/mol. The first kappa shape index (κ1) is 96.7. The van der Waals surface area contributed by atoms with Crippen LogP contribution in [0.1, 0.15) is 173 Å². The number of piperidine rings is 4. The fraction of sp³-hybridized carbons (Fsp3) is 0.545. The van der Waals surface area contributed by atoms with Gasteiger partial charge in [-0.3, -0.25) is 49.4 Å². The number of hydrogen-bond donors (Lipinski definition) is 5. The van der Waals surface area contributed by atoms with Crippen molar-refractivity contribution in [1.29, 1.82) is 0 Å². The Kier molecular flexibility index (Phi) is 29.7. The molecule has 36 heteroatoms. The molecule has 2 aromatic carbocycles. The number of Topliss-reactive ketones (excluding diaryl/α,β-unsaturated/α-hetero) is 2. The highest BCUT2D eigenvalue weighted by molar-refractivity contribution is 5.95. The van der Waals surface area contributed by atoms with Crippen molar-refractivity contribution >= 4 is 110 Å². The molecule has 6 fully saturated rings. The van der Waals surface area contributed by atoms with Gasteiger partial charge in [0.25, 0.3) is 0 Å². The zero-order valence-corrected chi connectivity index (χ0v) is 79.4. The number of carbonyl (C=O) groups excluding carboxylic acids is 11. The van der Waals surface area contributed by atoms with Crippen molar-refractivity contribution in [3.8, 4) is 0 Å². The molecule has 0 unspecified atom stereocenters. The maximum atomic E-state index is 15.1. The van der Waals surface area contributed by atoms with Gasteiger partial charge in [-0.15, -0.1) is 0 Å². The van der Waals surface area contributed by atoms with Gasteiger partial charge in [0.2, 0.25) is 11.8 Å². The number of carbonyl (C=O) groups is 11. The third kappa shape index (κ3) is 23.9. The Bertz CT molecular complexity index is 5630. The normalized spacial score (nSPS) is 18.5. The summed E-state index contributed by atoms with van der Waals surface area (Å²) in [6.07, 6.45) is 18.1. The van der Waals surface area contributed by atoms with Crippen molar-refractivity contribution in [3.63, 3.8) is 0 Å². The summed E-state index contributed by atoms with van der Waals surface area (Å²) >= 11 is 0. The minimum absolute atomic E-state index is 0.00751. The number of ether oxygens (including phenoxy) is 5. The van der Waals surface area contributed by atoms with Gasteiger partial charge in [0, 0.05) is 225 Å². The molecule has 14 heterocycles. The molecule has 0 bridgehead atoms. The lowest BCUT2D eigenvalue weighted by molar-refractivity contribution is -0.158. The number of esters is 2. The predicted octanol–water partition coefficient (Wildman–Crippen LogP) is 12.0. The Morgan fingerprint density at radius 1 is 0.481 bits per heavy atom. The molecule has 0 radical (unpaired) electrons. The molecule has 9 amide bonds. The highest BCUT2D eigenvalue weighted by Crippen LogP contribution is 2.45. The molecule has 5 N–H and O–H groups in total. The van der Waals surface area contributed by atoms with Crippen LogP contribution in [-0.4, -0.2) is 252 Å². The quantitative estimate of drug-likeness (QED) is 0.0277. The van der Waals surface area contributed by atoms with Crippen molar-refractivity contribution in [1.82, 2.24) is 79.9 Å². The average molecular weight is 1850 g/mol. The lowest BCUT2D eigenvalue weighted by Crippen LogP contribution is -2.55. The van der Waals surface area contributed by atoms with Crippen LogP contribution in [0.15, 0.2) is 122 Å². The van der Waals surface area contributed by atoms with Crippen LogP contribution in [0, 0.1) is 48.3 Å². The van der Waals surface area contributed by atoms with Crippen molar-refractivity contribution < 1.29 is 76.4 Å². The van der Waals surface area contributed by atoms with Gasteiger partial charge in [-0.25, -0.2) is 43.3 Å². The number of pyridine rings is 4. The molecule has 0 saturated carbocycles. The number of nitrogens with zero attached hydrogens (tertiary/aromatic N) is 15. The summed E-state index contributed by atoms with van der Waals surface area (Å²) in [7, 11) is 0. The van der Waals surface area contributed by atoms with Gasteiger partial charge >= 0.3 is 42.3 Å². The number of piperazine rings is 2. The fourth-order valence-corrected chi connectivity index (χ4v) is 19.6. The number of urea groups is 2. The summed E-state index contributed by atoms with van der Waals surface area (Å²) < 4.78 is 31.7. The molecule has 36 nitrogen and oxygen atoms in total. The smallest absolute Gasteiger partial charge is 0.413 e. The monoisotopic (exact) mass is 1850 g/mol.